The molecular weight excluding hydrogens is 1680 g/mol. The number of rotatable bonds is 25. The molecule has 1 aliphatic rings. The number of nitrogens with zero attached hydrogens (tertiary/aromatic N) is 14. The van der Waals surface area contributed by atoms with Crippen LogP contribution < -0.4 is 46.7 Å². The molecule has 1 fully saturated rings. The van der Waals surface area contributed by atoms with Gasteiger partial charge in [0.1, 0.15) is 65.2 Å². The fourth-order valence-corrected chi connectivity index (χ4v) is 14.1. The molecule has 19 aromatic rings. The molecule has 12 heterocycles. The fourth-order valence-electron chi connectivity index (χ4n) is 14.1. The van der Waals surface area contributed by atoms with Crippen molar-refractivity contribution in [1.82, 2.24) is 119 Å². The van der Waals surface area contributed by atoms with Crippen LogP contribution >= 0.6 is 0 Å². The largest absolute Gasteiger partial charge is 0.493 e. The number of carbonyl (C=O) groups is 3. The van der Waals surface area contributed by atoms with Crippen molar-refractivity contribution in [2.45, 2.75) is 72.9 Å². The Hall–Kier alpha value is -17.7. The monoisotopic (exact) mass is 1760 g/mol. The van der Waals surface area contributed by atoms with Crippen LogP contribution in [0.15, 0.2) is 232 Å². The molecule has 7 aromatic carbocycles. The van der Waals surface area contributed by atoms with Crippen LogP contribution in [0.1, 0.15) is 75.7 Å². The molecule has 12 aromatic heterocycles. The average Bonchev–Trinajstić information content (AvgIpc) is 1.79. The van der Waals surface area contributed by atoms with E-state index in [1.54, 1.807) is 68.1 Å². The minimum atomic E-state index is -0.986. The summed E-state index contributed by atoms with van der Waals surface area (Å²) in [6, 6.07) is 47.2. The molecule has 0 atom stereocenters. The van der Waals surface area contributed by atoms with Crippen LogP contribution in [0, 0.1) is 0 Å². The van der Waals surface area contributed by atoms with Crippen LogP contribution in [-0.2, 0) is 27.4 Å². The molecule has 1 aliphatic carbocycles. The highest BCUT2D eigenvalue weighted by Crippen LogP contribution is 2.43. The quantitative estimate of drug-likeness (QED) is 0.0236. The number of aromatic carboxylic acids is 1. The molecule has 660 valence electrons. The van der Waals surface area contributed by atoms with E-state index in [1.165, 1.54) is 59.4 Å². The van der Waals surface area contributed by atoms with Crippen molar-refractivity contribution in [3.05, 3.63) is 271 Å². The second-order valence-corrected chi connectivity index (χ2v) is 29.3. The maximum atomic E-state index is 12.3. The number of hydrogen-bond donors (Lipinski definition) is 12. The fraction of sp³-hybridized carbons (Fsp3) is 0.174. The Morgan fingerprint density at radius 2 is 0.733 bits per heavy atom. The number of imidazole rings is 5. The first kappa shape index (κ1) is 86.8. The van der Waals surface area contributed by atoms with E-state index in [4.69, 9.17) is 28.8 Å². The van der Waals surface area contributed by atoms with E-state index >= 15 is 0 Å². The van der Waals surface area contributed by atoms with E-state index in [2.05, 4.69) is 134 Å². The van der Waals surface area contributed by atoms with Gasteiger partial charge in [0, 0.05) is 29.1 Å². The smallest absolute Gasteiger partial charge is 0.335 e. The molecular formula is C92H82N24O15. The molecule has 0 unspecified atom stereocenters. The topological polar surface area (TPSA) is 546 Å². The van der Waals surface area contributed by atoms with E-state index in [1.807, 2.05) is 119 Å². The number of esters is 1. The van der Waals surface area contributed by atoms with Gasteiger partial charge in [0.15, 0.2) is 55.8 Å². The first-order valence-corrected chi connectivity index (χ1v) is 41.5. The molecule has 0 saturated heterocycles. The number of aromatic nitrogens is 24. The van der Waals surface area contributed by atoms with Crippen LogP contribution in [0.2, 0.25) is 0 Å². The summed E-state index contributed by atoms with van der Waals surface area (Å²) in [5, 5.41) is 26.4. The van der Waals surface area contributed by atoms with Crippen molar-refractivity contribution < 1.29 is 48.3 Å². The lowest BCUT2D eigenvalue weighted by Gasteiger charge is -2.13. The number of carboxylic acids is 2. The average molecular weight is 1760 g/mol. The first-order valence-electron chi connectivity index (χ1n) is 41.5. The first-order chi connectivity index (χ1) is 63.8. The van der Waals surface area contributed by atoms with E-state index in [0.717, 1.165) is 67.8 Å². The van der Waals surface area contributed by atoms with Gasteiger partial charge in [-0.1, -0.05) is 97.9 Å². The number of nitrogens with one attached hydrogen (secondary N) is 10. The van der Waals surface area contributed by atoms with Gasteiger partial charge in [-0.3, -0.25) is 42.9 Å². The minimum absolute atomic E-state index is 0.0408. The van der Waals surface area contributed by atoms with Gasteiger partial charge in [0.25, 0.3) is 27.8 Å². The highest BCUT2D eigenvalue weighted by molar-refractivity contribution is 5.90. The summed E-state index contributed by atoms with van der Waals surface area (Å²) in [4.78, 5) is 165. The molecule has 0 aliphatic heterocycles. The number of hydrogen-bond acceptors (Lipinski definition) is 25. The van der Waals surface area contributed by atoms with E-state index < -0.39 is 11.9 Å². The zero-order valence-corrected chi connectivity index (χ0v) is 70.7. The molecule has 0 amide bonds. The Morgan fingerprint density at radius 1 is 0.374 bits per heavy atom. The Morgan fingerprint density at radius 3 is 1.14 bits per heavy atom. The number of aromatic amines is 10. The van der Waals surface area contributed by atoms with E-state index in [0.29, 0.717) is 158 Å². The summed E-state index contributed by atoms with van der Waals surface area (Å²) in [6.45, 7) is 11.5. The normalized spacial score (nSPS) is 11.5. The summed E-state index contributed by atoms with van der Waals surface area (Å²) < 4.78 is 31.0. The second-order valence-electron chi connectivity index (χ2n) is 29.3. The number of aliphatic carboxylic acids is 1. The Bertz CT molecular complexity index is 7700. The molecule has 0 spiro atoms. The predicted octanol–water partition coefficient (Wildman–Crippen LogP) is 12.8. The molecule has 20 rings (SSSR count). The summed E-state index contributed by atoms with van der Waals surface area (Å²) in [5.74, 6) is 2.81. The van der Waals surface area contributed by atoms with Gasteiger partial charge in [-0.25, -0.2) is 54.6 Å². The maximum Gasteiger partial charge on any atom is 0.335 e. The van der Waals surface area contributed by atoms with Crippen molar-refractivity contribution in [2.24, 2.45) is 0 Å². The van der Waals surface area contributed by atoms with Crippen LogP contribution in [0.25, 0.3) is 157 Å². The summed E-state index contributed by atoms with van der Waals surface area (Å²) >= 11 is 0. The van der Waals surface area contributed by atoms with Crippen LogP contribution in [0.4, 0.5) is 0 Å². The van der Waals surface area contributed by atoms with Gasteiger partial charge >= 0.3 is 17.9 Å². The zero-order chi connectivity index (χ0) is 91.2. The molecule has 0 bridgehead atoms. The number of fused-ring (bicyclic) bond motifs is 5. The van der Waals surface area contributed by atoms with Crippen molar-refractivity contribution >= 4 is 73.7 Å². The van der Waals surface area contributed by atoms with Crippen molar-refractivity contribution in [3.63, 3.8) is 0 Å². The zero-order valence-electron chi connectivity index (χ0n) is 70.7. The lowest BCUT2D eigenvalue weighted by Crippen LogP contribution is -2.13. The highest BCUT2D eigenvalue weighted by atomic mass is 16.5. The van der Waals surface area contributed by atoms with Gasteiger partial charge in [-0.2, -0.15) is 10.2 Å². The van der Waals surface area contributed by atoms with E-state index in [-0.39, 0.29) is 52.4 Å². The lowest BCUT2D eigenvalue weighted by atomic mass is 10.0. The van der Waals surface area contributed by atoms with Gasteiger partial charge in [0.2, 0.25) is 0 Å². The van der Waals surface area contributed by atoms with Gasteiger partial charge in [0.05, 0.1) is 105 Å². The number of H-pyrrole nitrogens is 10. The summed E-state index contributed by atoms with van der Waals surface area (Å²) in [7, 11) is 0. The van der Waals surface area contributed by atoms with Crippen LogP contribution in [0.5, 0.6) is 23.0 Å². The third-order valence-electron chi connectivity index (χ3n) is 20.4. The van der Waals surface area contributed by atoms with Gasteiger partial charge < -0.3 is 83.7 Å². The van der Waals surface area contributed by atoms with Crippen molar-refractivity contribution in [2.75, 3.05) is 33.0 Å². The third kappa shape index (κ3) is 20.0. The molecule has 39 nitrogen and oxygen atoms in total. The molecule has 12 N–H and O–H groups in total. The third-order valence-corrected chi connectivity index (χ3v) is 20.4. The SMILES string of the molecule is CCCOc1cc(-c2cccc(C(=O)O)c2)ccc1-c1nc2nc[nH]c2c(=O)[nH]1.CCOC(=O)Cn1cc(-c2ccc(-c3nc4nc[nH]c4c(=O)[nH]3)c(OCC)c2)cn1.CCOc1cc(-c2cnn(CC(=O)O)c2)ccc1-c1nc2nc[nH]c2c(=O)[nH]1.CCOc1cc(C2CC2)ccc1-c1nc2nc[nH]c2c(=O)[nH]1.O=c1[nH]c(-c2ccc(-c3ccccc3)cc2)nc2nc[nH]c12. The number of carboxylic acid groups (broad SMARTS) is 2. The summed E-state index contributed by atoms with van der Waals surface area (Å²) in [5.41, 5.74) is 14.2. The number of benzene rings is 7. The predicted molar refractivity (Wildman–Crippen MR) is 486 cm³/mol. The highest BCUT2D eigenvalue weighted by Gasteiger charge is 2.26. The maximum absolute atomic E-state index is 12.3. The number of ether oxygens (including phenoxy) is 5. The van der Waals surface area contributed by atoms with Gasteiger partial charge in [-0.05, 0) is 152 Å². The Kier molecular flexibility index (Phi) is 26.0. The molecule has 131 heavy (non-hydrogen) atoms. The Labute approximate surface area is 739 Å². The van der Waals surface area contributed by atoms with Crippen LogP contribution in [0.3, 0.4) is 0 Å². The van der Waals surface area contributed by atoms with E-state index in [9.17, 15) is 43.5 Å². The van der Waals surface area contributed by atoms with Crippen molar-refractivity contribution in [3.8, 4) is 124 Å². The Balaban J connectivity index is 0.000000120. The lowest BCUT2D eigenvalue weighted by molar-refractivity contribution is -0.144. The van der Waals surface area contributed by atoms with Crippen LogP contribution in [-0.4, -0.2) is 180 Å². The standard InChI is InChI=1S/C21H18N4O4.C20H20N6O4.C18H16N6O4.C17H12N4O.C16H16N4O2/c1-2-8-29-16-10-13(12-4-3-5-14(9-12)21(27)28)6-7-15(16)18-24-19-17(20(26)25-18)22-11-23-19;1-3-29-15-7-12(13-8-23-26(9-13)10-16(27)30-4-2)5-6-14(15)18-24-19-17(20(28)25-18)21-11-22-19;1-2-28-13-5-10(11-6-21-24(7-11)8-14(25)26)3-4-12(13)16-22-17-15(18(27)23-16)19-9-20-17;22-17-14-16(19-10-18-14)20-15(21-17)13-8-6-12(7-9-13)11-4-2-1-3-5-11;1-2-22-12-7-10(9-3-4-9)5-6-11(12)14-19-15-13(16(21)20-14)17-8-18-15/h3-7,9-11H,2,8H2,1H3,(H,27,28)(H2,22,23,24,25,26);5-9,11H,3-4,10H2,1-2H3,(H2,21,22,24,25,28);3-7,9H,2,8H2,1H3,(H,25,26)(H2,19,20,22,23,27);1-10H,(H2,18,19,20,21,22);5-9H,2-4H2,1H3,(H2,17,18,19,20,21). The summed E-state index contributed by atoms with van der Waals surface area (Å²) in [6.07, 6.45) is 17.1. The molecule has 39 heteroatoms. The molecule has 1 saturated carbocycles. The van der Waals surface area contributed by atoms with Crippen molar-refractivity contribution in [1.29, 1.82) is 0 Å². The van der Waals surface area contributed by atoms with Gasteiger partial charge in [-0.15, -0.1) is 0 Å². The second kappa shape index (κ2) is 39.2. The number of carbonyl (C=O) groups excluding carboxylic acids is 1. The minimum Gasteiger partial charge on any atom is -0.493 e. The molecule has 0 radical (unpaired) electrons.